The van der Waals surface area contributed by atoms with Gasteiger partial charge in [0.05, 0.1) is 11.0 Å². The molecule has 32 heavy (non-hydrogen) atoms. The van der Waals surface area contributed by atoms with Gasteiger partial charge in [-0.1, -0.05) is 18.9 Å². The fourth-order valence-corrected chi connectivity index (χ4v) is 4.59. The number of fused-ring (bicyclic) bond motifs is 1. The fourth-order valence-electron chi connectivity index (χ4n) is 4.59. The van der Waals surface area contributed by atoms with E-state index in [4.69, 9.17) is 0 Å². The average molecular weight is 429 g/mol. The van der Waals surface area contributed by atoms with Crippen molar-refractivity contribution in [2.75, 3.05) is 5.32 Å². The first-order valence-corrected chi connectivity index (χ1v) is 11.6. The van der Waals surface area contributed by atoms with Crippen molar-refractivity contribution in [1.82, 2.24) is 15.3 Å². The topological polar surface area (TPSA) is 86.9 Å². The van der Waals surface area contributed by atoms with Crippen molar-refractivity contribution in [3.63, 3.8) is 0 Å². The zero-order valence-corrected chi connectivity index (χ0v) is 18.1. The number of aromatic amines is 1. The lowest BCUT2D eigenvalue weighted by molar-refractivity contribution is -0.113. The number of carbonyl (C=O) groups is 2. The van der Waals surface area contributed by atoms with E-state index in [-0.39, 0.29) is 11.8 Å². The third kappa shape index (κ3) is 4.44. The Morgan fingerprint density at radius 3 is 2.50 bits per heavy atom. The van der Waals surface area contributed by atoms with Gasteiger partial charge >= 0.3 is 0 Å². The third-order valence-corrected chi connectivity index (χ3v) is 6.43. The van der Waals surface area contributed by atoms with Gasteiger partial charge in [-0.25, -0.2) is 4.98 Å². The lowest BCUT2D eigenvalue weighted by atomic mass is 9.99. The van der Waals surface area contributed by atoms with Crippen LogP contribution in [-0.2, 0) is 4.79 Å². The maximum absolute atomic E-state index is 12.6. The summed E-state index contributed by atoms with van der Waals surface area (Å²) >= 11 is 0. The number of rotatable bonds is 5. The Labute approximate surface area is 187 Å². The highest BCUT2D eigenvalue weighted by Gasteiger charge is 2.18. The largest absolute Gasteiger partial charge is 0.349 e. The fraction of sp³-hybridized carbons (Fsp3) is 0.346. The molecule has 0 atom stereocenters. The molecule has 2 aromatic carbocycles. The van der Waals surface area contributed by atoms with Crippen LogP contribution >= 0.6 is 0 Å². The molecule has 0 radical (unpaired) electrons. The van der Waals surface area contributed by atoms with Crippen molar-refractivity contribution >= 4 is 28.5 Å². The SMILES string of the molecule is O=C(Nc1ccc(-c2nc3ccc(C(=O)NC4CCCC4)cc3[nH]2)cc1)C1=CCCCC1. The van der Waals surface area contributed by atoms with E-state index >= 15 is 0 Å². The van der Waals surface area contributed by atoms with E-state index in [0.29, 0.717) is 11.6 Å². The van der Waals surface area contributed by atoms with Crippen LogP contribution in [0.4, 0.5) is 5.69 Å². The highest BCUT2D eigenvalue weighted by molar-refractivity contribution is 6.04. The third-order valence-electron chi connectivity index (χ3n) is 6.43. The number of hydrogen-bond donors (Lipinski definition) is 3. The molecule has 2 amide bonds. The second kappa shape index (κ2) is 8.99. The van der Waals surface area contributed by atoms with Gasteiger partial charge in [-0.2, -0.15) is 0 Å². The second-order valence-electron chi connectivity index (χ2n) is 8.78. The predicted octanol–water partition coefficient (Wildman–Crippen LogP) is 5.34. The number of hydrogen-bond acceptors (Lipinski definition) is 3. The molecule has 3 aromatic rings. The van der Waals surface area contributed by atoms with Crippen molar-refractivity contribution < 1.29 is 9.59 Å². The molecule has 5 rings (SSSR count). The molecule has 6 nitrogen and oxygen atoms in total. The van der Waals surface area contributed by atoms with Crippen LogP contribution < -0.4 is 10.6 Å². The standard InChI is InChI=1S/C26H28N4O2/c31-25(18-6-2-1-3-7-18)28-21-13-10-17(11-14-21)24-29-22-15-12-19(16-23(22)30-24)26(32)27-20-8-4-5-9-20/h6,10-16,20H,1-5,7-9H2,(H,27,32)(H,28,31)(H,29,30). The van der Waals surface area contributed by atoms with Crippen molar-refractivity contribution in [2.45, 2.75) is 57.4 Å². The smallest absolute Gasteiger partial charge is 0.251 e. The zero-order valence-electron chi connectivity index (χ0n) is 18.1. The molecule has 1 saturated carbocycles. The molecule has 1 heterocycles. The first kappa shape index (κ1) is 20.5. The number of allylic oxidation sites excluding steroid dienone is 1. The highest BCUT2D eigenvalue weighted by Crippen LogP contribution is 2.25. The first-order chi connectivity index (χ1) is 15.7. The van der Waals surface area contributed by atoms with E-state index in [1.165, 1.54) is 12.8 Å². The van der Waals surface area contributed by atoms with Gasteiger partial charge in [0.25, 0.3) is 11.8 Å². The number of H-pyrrole nitrogens is 1. The number of carbonyl (C=O) groups excluding carboxylic acids is 2. The molecular weight excluding hydrogens is 400 g/mol. The molecule has 2 aliphatic carbocycles. The normalized spacial score (nSPS) is 16.7. The molecule has 0 saturated heterocycles. The molecule has 0 aliphatic heterocycles. The summed E-state index contributed by atoms with van der Waals surface area (Å²) < 4.78 is 0. The van der Waals surface area contributed by atoms with Crippen LogP contribution in [0.5, 0.6) is 0 Å². The van der Waals surface area contributed by atoms with Crippen LogP contribution in [0.3, 0.4) is 0 Å². The van der Waals surface area contributed by atoms with Crippen LogP contribution in [0.1, 0.15) is 61.7 Å². The number of benzene rings is 2. The summed E-state index contributed by atoms with van der Waals surface area (Å²) in [6.45, 7) is 0. The minimum Gasteiger partial charge on any atom is -0.349 e. The van der Waals surface area contributed by atoms with E-state index in [1.807, 2.05) is 48.5 Å². The van der Waals surface area contributed by atoms with Crippen LogP contribution in [0, 0.1) is 0 Å². The van der Waals surface area contributed by atoms with Gasteiger partial charge < -0.3 is 15.6 Å². The lowest BCUT2D eigenvalue weighted by Crippen LogP contribution is -2.32. The quantitative estimate of drug-likeness (QED) is 0.512. The summed E-state index contributed by atoms with van der Waals surface area (Å²) in [6.07, 6.45) is 10.6. The molecule has 1 aromatic heterocycles. The summed E-state index contributed by atoms with van der Waals surface area (Å²) in [5, 5.41) is 6.12. The first-order valence-electron chi connectivity index (χ1n) is 11.6. The molecule has 1 fully saturated rings. The van der Waals surface area contributed by atoms with E-state index in [9.17, 15) is 9.59 Å². The number of imidazole rings is 1. The van der Waals surface area contributed by atoms with E-state index in [1.54, 1.807) is 0 Å². The molecule has 0 bridgehead atoms. The van der Waals surface area contributed by atoms with Crippen molar-refractivity contribution in [3.8, 4) is 11.4 Å². The second-order valence-corrected chi connectivity index (χ2v) is 8.78. The van der Waals surface area contributed by atoms with E-state index in [2.05, 4.69) is 20.6 Å². The number of nitrogens with zero attached hydrogens (tertiary/aromatic N) is 1. The number of aromatic nitrogens is 2. The Hall–Kier alpha value is -3.41. The van der Waals surface area contributed by atoms with E-state index < -0.39 is 0 Å². The van der Waals surface area contributed by atoms with Gasteiger partial charge in [-0.3, -0.25) is 9.59 Å². The summed E-state index contributed by atoms with van der Waals surface area (Å²) in [7, 11) is 0. The van der Waals surface area contributed by atoms with E-state index in [0.717, 1.165) is 72.2 Å². The number of anilines is 1. The van der Waals surface area contributed by atoms with Gasteiger partial charge in [-0.15, -0.1) is 0 Å². The molecule has 164 valence electrons. The summed E-state index contributed by atoms with van der Waals surface area (Å²) in [6, 6.07) is 13.5. The molecule has 2 aliphatic rings. The number of nitrogens with one attached hydrogen (secondary N) is 3. The van der Waals surface area contributed by atoms with Gasteiger partial charge in [-0.05, 0) is 81.0 Å². The predicted molar refractivity (Wildman–Crippen MR) is 126 cm³/mol. The summed E-state index contributed by atoms with van der Waals surface area (Å²) in [5.41, 5.74) is 4.88. The molecule has 3 N–H and O–H groups in total. The Balaban J connectivity index is 1.29. The van der Waals surface area contributed by atoms with Crippen molar-refractivity contribution in [1.29, 1.82) is 0 Å². The highest BCUT2D eigenvalue weighted by atomic mass is 16.2. The Bertz CT molecular complexity index is 1170. The van der Waals surface area contributed by atoms with Crippen LogP contribution in [0.25, 0.3) is 22.4 Å². The monoisotopic (exact) mass is 428 g/mol. The Kier molecular flexibility index (Phi) is 5.75. The summed E-state index contributed by atoms with van der Waals surface area (Å²) in [5.74, 6) is 0.703. The zero-order chi connectivity index (χ0) is 21.9. The molecular formula is C26H28N4O2. The van der Waals surface area contributed by atoms with Gasteiger partial charge in [0.1, 0.15) is 5.82 Å². The molecule has 6 heteroatoms. The van der Waals surface area contributed by atoms with Crippen LogP contribution in [0.2, 0.25) is 0 Å². The number of amides is 2. The Morgan fingerprint density at radius 2 is 1.75 bits per heavy atom. The van der Waals surface area contributed by atoms with Gasteiger partial charge in [0.2, 0.25) is 0 Å². The molecule has 0 spiro atoms. The minimum absolute atomic E-state index is 0.00963. The van der Waals surface area contributed by atoms with Crippen molar-refractivity contribution in [2.24, 2.45) is 0 Å². The lowest BCUT2D eigenvalue weighted by Gasteiger charge is -2.12. The summed E-state index contributed by atoms with van der Waals surface area (Å²) in [4.78, 5) is 33.0. The minimum atomic E-state index is -0.0249. The van der Waals surface area contributed by atoms with Gasteiger partial charge in [0.15, 0.2) is 0 Å². The average Bonchev–Trinajstić information content (AvgIpc) is 3.49. The molecule has 0 unspecified atom stereocenters. The maximum Gasteiger partial charge on any atom is 0.251 e. The van der Waals surface area contributed by atoms with Gasteiger partial charge in [0, 0.05) is 28.4 Å². The maximum atomic E-state index is 12.6. The van der Waals surface area contributed by atoms with Crippen LogP contribution in [0.15, 0.2) is 54.1 Å². The van der Waals surface area contributed by atoms with Crippen molar-refractivity contribution in [3.05, 3.63) is 59.7 Å². The van der Waals surface area contributed by atoms with Crippen LogP contribution in [-0.4, -0.2) is 27.8 Å². The Morgan fingerprint density at radius 1 is 0.938 bits per heavy atom.